The van der Waals surface area contributed by atoms with Gasteiger partial charge >= 0.3 is 0 Å². The van der Waals surface area contributed by atoms with Gasteiger partial charge in [-0.2, -0.15) is 0 Å². The van der Waals surface area contributed by atoms with E-state index in [2.05, 4.69) is 15.3 Å². The molecular weight excluding hydrogens is 268 g/mol. The van der Waals surface area contributed by atoms with Crippen LogP contribution in [0.2, 0.25) is 0 Å². The summed E-state index contributed by atoms with van der Waals surface area (Å²) in [6.07, 6.45) is 1.46. The Labute approximate surface area is 112 Å². The highest BCUT2D eigenvalue weighted by Crippen LogP contribution is 2.32. The van der Waals surface area contributed by atoms with Crippen LogP contribution in [0.25, 0.3) is 0 Å². The first kappa shape index (κ1) is 13.9. The molecule has 0 unspecified atom stereocenters. The van der Waals surface area contributed by atoms with Gasteiger partial charge in [-0.1, -0.05) is 0 Å². The quantitative estimate of drug-likeness (QED) is 0.843. The molecule has 1 N–H and O–H groups in total. The largest absolute Gasteiger partial charge is 0.490 e. The number of methoxy groups -OCH3 is 1. The monoisotopic (exact) mass is 286 g/mol. The molecular formula is C11H18N4O3S. The summed E-state index contributed by atoms with van der Waals surface area (Å²) in [7, 11) is -1.35. The zero-order valence-electron chi connectivity index (χ0n) is 11.1. The third-order valence-corrected chi connectivity index (χ3v) is 4.59. The fraction of sp³-hybridized carbons (Fsp3) is 0.636. The molecule has 2 heterocycles. The van der Waals surface area contributed by atoms with Crippen molar-refractivity contribution in [1.29, 1.82) is 0 Å². The molecule has 1 saturated heterocycles. The van der Waals surface area contributed by atoms with Gasteiger partial charge in [0, 0.05) is 19.6 Å². The van der Waals surface area contributed by atoms with Gasteiger partial charge < -0.3 is 15.0 Å². The smallest absolute Gasteiger partial charge is 0.204 e. The average molecular weight is 286 g/mol. The predicted octanol–water partition coefficient (Wildman–Crippen LogP) is 0.152. The molecule has 8 heteroatoms. The SMILES string of the molecule is CCNc1ncnc(N2CCS(=O)(=O)CC2)c1OC. The summed E-state index contributed by atoms with van der Waals surface area (Å²) in [5, 5.41) is 3.10. The summed E-state index contributed by atoms with van der Waals surface area (Å²) < 4.78 is 28.3. The first-order chi connectivity index (χ1) is 9.07. The lowest BCUT2D eigenvalue weighted by Crippen LogP contribution is -2.41. The number of anilines is 2. The molecule has 0 radical (unpaired) electrons. The molecule has 106 valence electrons. The fourth-order valence-electron chi connectivity index (χ4n) is 2.00. The van der Waals surface area contributed by atoms with Crippen LogP contribution in [-0.4, -0.2) is 56.6 Å². The Morgan fingerprint density at radius 1 is 1.37 bits per heavy atom. The molecule has 0 spiro atoms. The first-order valence-corrected chi connectivity index (χ1v) is 7.97. The molecule has 7 nitrogen and oxygen atoms in total. The Bertz CT molecular complexity index is 533. The highest BCUT2D eigenvalue weighted by molar-refractivity contribution is 7.91. The zero-order valence-corrected chi connectivity index (χ0v) is 11.9. The van der Waals surface area contributed by atoms with Crippen molar-refractivity contribution in [2.75, 3.05) is 48.5 Å². The van der Waals surface area contributed by atoms with Crippen LogP contribution in [0.1, 0.15) is 6.92 Å². The number of nitrogens with zero attached hydrogens (tertiary/aromatic N) is 3. The van der Waals surface area contributed by atoms with E-state index < -0.39 is 9.84 Å². The molecule has 0 amide bonds. The van der Waals surface area contributed by atoms with Crippen LogP contribution in [0.3, 0.4) is 0 Å². The minimum atomic E-state index is -2.91. The van der Waals surface area contributed by atoms with Gasteiger partial charge in [-0.05, 0) is 6.92 Å². The standard InChI is InChI=1S/C11H18N4O3S/c1-3-12-10-9(18-2)11(14-8-13-10)15-4-6-19(16,17)7-5-15/h8H,3-7H2,1-2H3,(H,12,13,14). The van der Waals surface area contributed by atoms with Crippen LogP contribution < -0.4 is 15.0 Å². The van der Waals surface area contributed by atoms with Crippen molar-refractivity contribution in [3.63, 3.8) is 0 Å². The van der Waals surface area contributed by atoms with Crippen molar-refractivity contribution in [2.24, 2.45) is 0 Å². The van der Waals surface area contributed by atoms with Crippen LogP contribution in [0.15, 0.2) is 6.33 Å². The lowest BCUT2D eigenvalue weighted by molar-refractivity contribution is 0.412. The Morgan fingerprint density at radius 3 is 2.63 bits per heavy atom. The van der Waals surface area contributed by atoms with Crippen LogP contribution in [-0.2, 0) is 9.84 Å². The number of hydrogen-bond acceptors (Lipinski definition) is 7. The molecule has 0 aliphatic carbocycles. The maximum absolute atomic E-state index is 11.4. The molecule has 0 saturated carbocycles. The molecule has 1 aliphatic rings. The Morgan fingerprint density at radius 2 is 2.05 bits per heavy atom. The fourth-order valence-corrected chi connectivity index (χ4v) is 3.20. The summed E-state index contributed by atoms with van der Waals surface area (Å²) >= 11 is 0. The zero-order chi connectivity index (χ0) is 13.9. The van der Waals surface area contributed by atoms with E-state index in [-0.39, 0.29) is 11.5 Å². The van der Waals surface area contributed by atoms with Gasteiger partial charge in [0.15, 0.2) is 21.5 Å². The number of aromatic nitrogens is 2. The van der Waals surface area contributed by atoms with Crippen molar-refractivity contribution in [1.82, 2.24) is 9.97 Å². The summed E-state index contributed by atoms with van der Waals surface area (Å²) in [5.41, 5.74) is 0. The van der Waals surface area contributed by atoms with Crippen molar-refractivity contribution in [2.45, 2.75) is 6.92 Å². The van der Waals surface area contributed by atoms with E-state index in [0.29, 0.717) is 30.5 Å². The van der Waals surface area contributed by atoms with Gasteiger partial charge in [0.1, 0.15) is 6.33 Å². The minimum absolute atomic E-state index is 0.150. The molecule has 0 aromatic carbocycles. The second-order valence-corrected chi connectivity index (χ2v) is 6.55. The van der Waals surface area contributed by atoms with E-state index in [1.165, 1.54) is 6.33 Å². The number of sulfone groups is 1. The van der Waals surface area contributed by atoms with Gasteiger partial charge in [0.25, 0.3) is 0 Å². The minimum Gasteiger partial charge on any atom is -0.490 e. The van der Waals surface area contributed by atoms with Crippen molar-refractivity contribution < 1.29 is 13.2 Å². The van der Waals surface area contributed by atoms with E-state index in [1.54, 1.807) is 7.11 Å². The van der Waals surface area contributed by atoms with E-state index in [0.717, 1.165) is 6.54 Å². The number of nitrogens with one attached hydrogen (secondary N) is 1. The van der Waals surface area contributed by atoms with Crippen molar-refractivity contribution in [3.8, 4) is 5.75 Å². The predicted molar refractivity (Wildman–Crippen MR) is 73.6 cm³/mol. The van der Waals surface area contributed by atoms with Crippen LogP contribution in [0.4, 0.5) is 11.6 Å². The Kier molecular flexibility index (Phi) is 4.08. The topological polar surface area (TPSA) is 84.4 Å². The molecule has 19 heavy (non-hydrogen) atoms. The second-order valence-electron chi connectivity index (χ2n) is 4.25. The number of rotatable bonds is 4. The molecule has 0 bridgehead atoms. The first-order valence-electron chi connectivity index (χ1n) is 6.15. The highest BCUT2D eigenvalue weighted by atomic mass is 32.2. The molecule has 1 aliphatic heterocycles. The Balaban J connectivity index is 2.27. The average Bonchev–Trinajstić information content (AvgIpc) is 2.39. The van der Waals surface area contributed by atoms with E-state index in [9.17, 15) is 8.42 Å². The third-order valence-electron chi connectivity index (χ3n) is 2.98. The van der Waals surface area contributed by atoms with Crippen molar-refractivity contribution in [3.05, 3.63) is 6.33 Å². The van der Waals surface area contributed by atoms with Crippen LogP contribution in [0, 0.1) is 0 Å². The normalized spacial score (nSPS) is 18.1. The van der Waals surface area contributed by atoms with E-state index >= 15 is 0 Å². The molecule has 1 aromatic heterocycles. The van der Waals surface area contributed by atoms with Gasteiger partial charge in [0.05, 0.1) is 18.6 Å². The van der Waals surface area contributed by atoms with Gasteiger partial charge in [0.2, 0.25) is 5.75 Å². The molecule has 1 fully saturated rings. The Hall–Kier alpha value is -1.57. The van der Waals surface area contributed by atoms with Crippen LogP contribution in [0.5, 0.6) is 5.75 Å². The highest BCUT2D eigenvalue weighted by Gasteiger charge is 2.25. The summed E-state index contributed by atoms with van der Waals surface area (Å²) in [5.74, 6) is 2.13. The molecule has 1 aromatic rings. The lowest BCUT2D eigenvalue weighted by atomic mass is 10.4. The van der Waals surface area contributed by atoms with E-state index in [1.807, 2.05) is 11.8 Å². The molecule has 2 rings (SSSR count). The maximum Gasteiger partial charge on any atom is 0.204 e. The third kappa shape index (κ3) is 3.06. The van der Waals surface area contributed by atoms with E-state index in [4.69, 9.17) is 4.74 Å². The second kappa shape index (κ2) is 5.60. The number of hydrogen-bond donors (Lipinski definition) is 1. The van der Waals surface area contributed by atoms with Gasteiger partial charge in [-0.25, -0.2) is 18.4 Å². The van der Waals surface area contributed by atoms with Crippen molar-refractivity contribution >= 4 is 21.5 Å². The van der Waals surface area contributed by atoms with Gasteiger partial charge in [-0.15, -0.1) is 0 Å². The summed E-state index contributed by atoms with van der Waals surface area (Å²) in [6.45, 7) is 3.55. The number of ether oxygens (including phenoxy) is 1. The van der Waals surface area contributed by atoms with Crippen LogP contribution >= 0.6 is 0 Å². The summed E-state index contributed by atoms with van der Waals surface area (Å²) in [4.78, 5) is 10.3. The summed E-state index contributed by atoms with van der Waals surface area (Å²) in [6, 6.07) is 0. The maximum atomic E-state index is 11.4. The van der Waals surface area contributed by atoms with Gasteiger partial charge in [-0.3, -0.25) is 0 Å². The lowest BCUT2D eigenvalue weighted by Gasteiger charge is -2.29. The molecule has 0 atom stereocenters.